The topological polar surface area (TPSA) is 138 Å². The van der Waals surface area contributed by atoms with E-state index in [2.05, 4.69) is 20.2 Å². The van der Waals surface area contributed by atoms with Crippen LogP contribution in [-0.4, -0.2) is 81.2 Å². The summed E-state index contributed by atoms with van der Waals surface area (Å²) in [6.07, 6.45) is -0.681. The molecule has 0 aromatic carbocycles. The molecule has 10 nitrogen and oxygen atoms in total. The third-order valence-electron chi connectivity index (χ3n) is 5.61. The van der Waals surface area contributed by atoms with E-state index >= 15 is 0 Å². The largest absolute Gasteiger partial charge is 0.490 e. The first-order chi connectivity index (χ1) is 17.6. The number of likely N-dealkylation sites (tertiary alicyclic amines) is 1. The van der Waals surface area contributed by atoms with Crippen molar-refractivity contribution < 1.29 is 55.3 Å². The Kier molecular flexibility index (Phi) is 10.5. The SMILES string of the molecule is Cc1cnc(NCCC2CCOC23CN(Cc2ccoc2)C3)nc1.O=C(O)C(F)(F)F.O=C(O)C(F)(F)F. The van der Waals surface area contributed by atoms with E-state index in [0.29, 0.717) is 11.9 Å². The van der Waals surface area contributed by atoms with Crippen molar-refractivity contribution in [3.05, 3.63) is 42.1 Å². The molecule has 0 amide bonds. The Balaban J connectivity index is 0.000000301. The van der Waals surface area contributed by atoms with E-state index in [4.69, 9.17) is 29.0 Å². The molecule has 4 heterocycles. The second-order valence-corrected chi connectivity index (χ2v) is 8.58. The van der Waals surface area contributed by atoms with Gasteiger partial charge in [-0.05, 0) is 37.3 Å². The van der Waals surface area contributed by atoms with Gasteiger partial charge in [0, 0.05) is 50.7 Å². The number of carbonyl (C=O) groups is 2. The molecule has 4 rings (SSSR count). The van der Waals surface area contributed by atoms with Gasteiger partial charge in [0.2, 0.25) is 5.95 Å². The molecule has 0 radical (unpaired) electrons. The van der Waals surface area contributed by atoms with Crippen molar-refractivity contribution >= 4 is 17.9 Å². The molecule has 2 saturated heterocycles. The maximum absolute atomic E-state index is 10.6. The lowest BCUT2D eigenvalue weighted by molar-refractivity contribution is -0.193. The first kappa shape index (κ1) is 30.8. The van der Waals surface area contributed by atoms with Crippen molar-refractivity contribution in [1.29, 1.82) is 0 Å². The number of ether oxygens (including phenoxy) is 1. The molecule has 2 aromatic rings. The molecule has 0 saturated carbocycles. The molecule has 1 spiro atoms. The zero-order chi connectivity index (χ0) is 28.6. The van der Waals surface area contributed by atoms with E-state index in [1.165, 1.54) is 5.56 Å². The fourth-order valence-corrected chi connectivity index (χ4v) is 3.85. The number of alkyl halides is 6. The van der Waals surface area contributed by atoms with E-state index in [1.54, 1.807) is 6.26 Å². The number of carboxylic acid groups (broad SMARTS) is 2. The summed E-state index contributed by atoms with van der Waals surface area (Å²) in [5.74, 6) is -4.19. The fourth-order valence-electron chi connectivity index (χ4n) is 3.85. The zero-order valence-corrected chi connectivity index (χ0v) is 20.1. The van der Waals surface area contributed by atoms with Crippen LogP contribution >= 0.6 is 0 Å². The smallest absolute Gasteiger partial charge is 0.475 e. The van der Waals surface area contributed by atoms with Crippen LogP contribution in [0.3, 0.4) is 0 Å². The van der Waals surface area contributed by atoms with Gasteiger partial charge in [-0.2, -0.15) is 26.3 Å². The first-order valence-corrected chi connectivity index (χ1v) is 11.1. The van der Waals surface area contributed by atoms with E-state index in [9.17, 15) is 26.3 Å². The van der Waals surface area contributed by atoms with Gasteiger partial charge in [-0.15, -0.1) is 0 Å². The van der Waals surface area contributed by atoms with Gasteiger partial charge in [0.05, 0.1) is 18.1 Å². The number of rotatable bonds is 6. The van der Waals surface area contributed by atoms with Crippen LogP contribution in [-0.2, 0) is 20.9 Å². The van der Waals surface area contributed by atoms with E-state index in [1.807, 2.05) is 31.6 Å². The van der Waals surface area contributed by atoms with Gasteiger partial charge in [-0.1, -0.05) is 0 Å². The predicted octanol–water partition coefficient (Wildman–Crippen LogP) is 3.74. The van der Waals surface area contributed by atoms with Crippen molar-refractivity contribution in [1.82, 2.24) is 14.9 Å². The second-order valence-electron chi connectivity index (χ2n) is 8.58. The normalized spacial score (nSPS) is 18.4. The molecule has 0 aliphatic carbocycles. The number of nitrogens with zero attached hydrogens (tertiary/aromatic N) is 3. The number of hydrogen-bond acceptors (Lipinski definition) is 8. The summed E-state index contributed by atoms with van der Waals surface area (Å²) in [5, 5.41) is 17.6. The van der Waals surface area contributed by atoms with Gasteiger partial charge in [-0.25, -0.2) is 19.6 Å². The number of nitrogens with one attached hydrogen (secondary N) is 1. The average molecular weight is 556 g/mol. The lowest BCUT2D eigenvalue weighted by Gasteiger charge is -2.50. The lowest BCUT2D eigenvalue weighted by atomic mass is 9.79. The monoisotopic (exact) mass is 556 g/mol. The summed E-state index contributed by atoms with van der Waals surface area (Å²) < 4.78 is 74.8. The highest BCUT2D eigenvalue weighted by Gasteiger charge is 2.52. The number of aliphatic carboxylic acids is 2. The molecule has 1 atom stereocenters. The molecule has 0 bridgehead atoms. The third kappa shape index (κ3) is 9.48. The first-order valence-electron chi connectivity index (χ1n) is 11.1. The van der Waals surface area contributed by atoms with E-state index in [-0.39, 0.29) is 5.60 Å². The van der Waals surface area contributed by atoms with Crippen LogP contribution in [0, 0.1) is 12.8 Å². The van der Waals surface area contributed by atoms with Crippen LogP contribution in [0.15, 0.2) is 35.4 Å². The Hall–Kier alpha value is -3.40. The highest BCUT2D eigenvalue weighted by Crippen LogP contribution is 2.42. The molecule has 16 heteroatoms. The lowest BCUT2D eigenvalue weighted by Crippen LogP contribution is -2.64. The molecule has 1 unspecified atom stereocenters. The number of halogens is 6. The Bertz CT molecular complexity index is 1000. The van der Waals surface area contributed by atoms with Crippen LogP contribution in [0.5, 0.6) is 0 Å². The summed E-state index contributed by atoms with van der Waals surface area (Å²) >= 11 is 0. The average Bonchev–Trinajstić information content (AvgIpc) is 3.45. The van der Waals surface area contributed by atoms with Crippen molar-refractivity contribution in [2.45, 2.75) is 44.3 Å². The van der Waals surface area contributed by atoms with Gasteiger partial charge in [-0.3, -0.25) is 4.90 Å². The molecule has 212 valence electrons. The van der Waals surface area contributed by atoms with Crippen molar-refractivity contribution in [2.24, 2.45) is 5.92 Å². The Morgan fingerprint density at radius 2 is 1.66 bits per heavy atom. The minimum Gasteiger partial charge on any atom is -0.475 e. The summed E-state index contributed by atoms with van der Waals surface area (Å²) in [5.41, 5.74) is 2.37. The number of aromatic nitrogens is 2. The molecule has 2 fully saturated rings. The number of hydrogen-bond donors (Lipinski definition) is 3. The standard InChI is InChI=1S/C18H24N4O2.2C2HF3O2/c1-14-8-20-17(21-9-14)19-5-2-16-4-7-24-18(16)12-22(13-18)10-15-3-6-23-11-15;2*3-2(4,5)1(6)7/h3,6,8-9,11,16H,2,4-5,7,10,12-13H2,1H3,(H,19,20,21);2*(H,6,7). The molecule has 3 N–H and O–H groups in total. The molecule has 2 aliphatic rings. The summed E-state index contributed by atoms with van der Waals surface area (Å²) in [4.78, 5) is 28.8. The van der Waals surface area contributed by atoms with Gasteiger partial charge in [0.15, 0.2) is 0 Å². The van der Waals surface area contributed by atoms with Crippen LogP contribution in [0.4, 0.5) is 32.3 Å². The predicted molar refractivity (Wildman–Crippen MR) is 118 cm³/mol. The van der Waals surface area contributed by atoms with Gasteiger partial charge >= 0.3 is 24.3 Å². The number of aryl methyl sites for hydroxylation is 1. The van der Waals surface area contributed by atoms with E-state index < -0.39 is 24.3 Å². The third-order valence-corrected chi connectivity index (χ3v) is 5.61. The van der Waals surface area contributed by atoms with Gasteiger partial charge < -0.3 is 24.7 Å². The van der Waals surface area contributed by atoms with Gasteiger partial charge in [0.1, 0.15) is 0 Å². The minimum atomic E-state index is -5.08. The quantitative estimate of drug-likeness (QED) is 0.451. The molecule has 2 aromatic heterocycles. The van der Waals surface area contributed by atoms with E-state index in [0.717, 1.165) is 51.2 Å². The highest BCUT2D eigenvalue weighted by atomic mass is 19.4. The number of anilines is 1. The van der Waals surface area contributed by atoms with Crippen molar-refractivity contribution in [2.75, 3.05) is 31.6 Å². The number of furan rings is 1. The summed E-state index contributed by atoms with van der Waals surface area (Å²) in [6, 6.07) is 2.03. The van der Waals surface area contributed by atoms with Crippen molar-refractivity contribution in [3.63, 3.8) is 0 Å². The van der Waals surface area contributed by atoms with Gasteiger partial charge in [0.25, 0.3) is 0 Å². The van der Waals surface area contributed by atoms with Crippen LogP contribution in [0.1, 0.15) is 24.0 Å². The Morgan fingerprint density at radius 3 is 2.13 bits per heavy atom. The Labute approximate surface area is 212 Å². The second kappa shape index (κ2) is 12.9. The maximum Gasteiger partial charge on any atom is 0.490 e. The molecular formula is C22H26F6N4O6. The highest BCUT2D eigenvalue weighted by molar-refractivity contribution is 5.73. The van der Waals surface area contributed by atoms with Crippen molar-refractivity contribution in [3.8, 4) is 0 Å². The van der Waals surface area contributed by atoms with Crippen LogP contribution < -0.4 is 5.32 Å². The zero-order valence-electron chi connectivity index (χ0n) is 20.1. The Morgan fingerprint density at radius 1 is 1.11 bits per heavy atom. The maximum atomic E-state index is 10.6. The summed E-state index contributed by atoms with van der Waals surface area (Å²) in [6.45, 7) is 6.75. The minimum absolute atomic E-state index is 0.0551. The number of carboxylic acids is 2. The van der Waals surface area contributed by atoms with Crippen LogP contribution in [0.25, 0.3) is 0 Å². The molecule has 38 heavy (non-hydrogen) atoms. The summed E-state index contributed by atoms with van der Waals surface area (Å²) in [7, 11) is 0. The fraction of sp³-hybridized carbons (Fsp3) is 0.545. The molecular weight excluding hydrogens is 530 g/mol. The molecule has 2 aliphatic heterocycles. The van der Waals surface area contributed by atoms with Crippen LogP contribution in [0.2, 0.25) is 0 Å².